The van der Waals surface area contributed by atoms with Crippen LogP contribution in [0.3, 0.4) is 0 Å². The first-order valence-electron chi connectivity index (χ1n) is 7.17. The van der Waals surface area contributed by atoms with Crippen molar-refractivity contribution in [2.45, 2.75) is 17.4 Å². The minimum atomic E-state index is -3.50. The highest BCUT2D eigenvalue weighted by molar-refractivity contribution is 7.89. The number of nitriles is 1. The summed E-state index contributed by atoms with van der Waals surface area (Å²) in [5.74, 6) is 0.341. The van der Waals surface area contributed by atoms with Crippen LogP contribution < -0.4 is 4.74 Å². The summed E-state index contributed by atoms with van der Waals surface area (Å²) in [7, 11) is -3.50. The highest BCUT2D eigenvalue weighted by Crippen LogP contribution is 2.23. The molecule has 0 amide bonds. The van der Waals surface area contributed by atoms with Crippen LogP contribution in [0.5, 0.6) is 5.88 Å². The number of benzene rings is 1. The van der Waals surface area contributed by atoms with E-state index in [4.69, 9.17) is 10.00 Å². The summed E-state index contributed by atoms with van der Waals surface area (Å²) in [5, 5.41) is 8.88. The van der Waals surface area contributed by atoms with Gasteiger partial charge in [-0.05, 0) is 24.6 Å². The monoisotopic (exact) mass is 329 g/mol. The van der Waals surface area contributed by atoms with E-state index in [0.717, 1.165) is 0 Å². The molecule has 0 spiro atoms. The molecule has 2 aromatic rings. The van der Waals surface area contributed by atoms with Gasteiger partial charge in [-0.25, -0.2) is 13.4 Å². The Morgan fingerprint density at radius 1 is 1.26 bits per heavy atom. The molecular formula is C16H15N3O3S. The predicted molar refractivity (Wildman–Crippen MR) is 83.2 cm³/mol. The molecule has 3 rings (SSSR count). The zero-order valence-corrected chi connectivity index (χ0v) is 13.1. The van der Waals surface area contributed by atoms with Crippen LogP contribution in [0.15, 0.2) is 53.6 Å². The molecule has 7 heteroatoms. The Kier molecular flexibility index (Phi) is 4.28. The quantitative estimate of drug-likeness (QED) is 0.854. The van der Waals surface area contributed by atoms with Crippen LogP contribution in [0.2, 0.25) is 0 Å². The molecule has 1 aromatic heterocycles. The van der Waals surface area contributed by atoms with E-state index < -0.39 is 10.0 Å². The smallest absolute Gasteiger partial charge is 0.243 e. The third-order valence-electron chi connectivity index (χ3n) is 3.64. The van der Waals surface area contributed by atoms with Crippen LogP contribution in [-0.2, 0) is 10.0 Å². The third kappa shape index (κ3) is 3.33. The summed E-state index contributed by atoms with van der Waals surface area (Å²) in [6.07, 6.45) is 1.82. The Labute approximate surface area is 135 Å². The first kappa shape index (κ1) is 15.5. The van der Waals surface area contributed by atoms with Crippen LogP contribution in [0.1, 0.15) is 12.0 Å². The summed E-state index contributed by atoms with van der Waals surface area (Å²) in [4.78, 5) is 4.34. The Bertz CT molecular complexity index is 831. The minimum absolute atomic E-state index is 0.269. The van der Waals surface area contributed by atoms with Crippen molar-refractivity contribution < 1.29 is 13.2 Å². The fourth-order valence-corrected chi connectivity index (χ4v) is 3.98. The number of pyridine rings is 1. The van der Waals surface area contributed by atoms with E-state index in [-0.39, 0.29) is 17.5 Å². The van der Waals surface area contributed by atoms with Crippen molar-refractivity contribution in [3.8, 4) is 11.9 Å². The minimum Gasteiger partial charge on any atom is -0.473 e. The maximum absolute atomic E-state index is 12.5. The Morgan fingerprint density at radius 3 is 2.78 bits per heavy atom. The van der Waals surface area contributed by atoms with Crippen molar-refractivity contribution in [2.75, 3.05) is 13.1 Å². The fraction of sp³-hybridized carbons (Fsp3) is 0.250. The molecule has 1 unspecified atom stereocenters. The second kappa shape index (κ2) is 6.36. The highest BCUT2D eigenvalue weighted by Gasteiger charge is 2.33. The average molecular weight is 329 g/mol. The van der Waals surface area contributed by atoms with Gasteiger partial charge >= 0.3 is 0 Å². The predicted octanol–water partition coefficient (Wildman–Crippen LogP) is 1.80. The van der Waals surface area contributed by atoms with Gasteiger partial charge in [0.15, 0.2) is 0 Å². The summed E-state index contributed by atoms with van der Waals surface area (Å²) < 4.78 is 32.2. The molecule has 1 fully saturated rings. The van der Waals surface area contributed by atoms with Crippen LogP contribution in [-0.4, -0.2) is 36.9 Å². The van der Waals surface area contributed by atoms with Crippen molar-refractivity contribution in [3.05, 3.63) is 54.2 Å². The molecule has 0 saturated carbocycles. The van der Waals surface area contributed by atoms with Crippen molar-refractivity contribution in [2.24, 2.45) is 0 Å². The molecule has 0 N–H and O–H groups in total. The van der Waals surface area contributed by atoms with Crippen LogP contribution in [0.4, 0.5) is 0 Å². The SMILES string of the molecule is N#Cc1ccnc(OC2CCN(S(=O)(=O)c3ccccc3)C2)c1. The lowest BCUT2D eigenvalue weighted by Crippen LogP contribution is -2.31. The van der Waals surface area contributed by atoms with E-state index in [1.165, 1.54) is 10.5 Å². The van der Waals surface area contributed by atoms with Crippen LogP contribution in [0, 0.1) is 11.3 Å². The summed E-state index contributed by atoms with van der Waals surface area (Å²) in [6.45, 7) is 0.676. The molecule has 1 aliphatic heterocycles. The van der Waals surface area contributed by atoms with E-state index in [0.29, 0.717) is 24.4 Å². The Morgan fingerprint density at radius 2 is 2.04 bits per heavy atom. The second-order valence-electron chi connectivity index (χ2n) is 5.20. The van der Waals surface area contributed by atoms with Gasteiger partial charge in [0.2, 0.25) is 15.9 Å². The van der Waals surface area contributed by atoms with Crippen LogP contribution >= 0.6 is 0 Å². The second-order valence-corrected chi connectivity index (χ2v) is 7.14. The number of sulfonamides is 1. The molecule has 6 nitrogen and oxygen atoms in total. The van der Waals surface area contributed by atoms with E-state index >= 15 is 0 Å². The molecule has 0 radical (unpaired) electrons. The van der Waals surface area contributed by atoms with Crippen molar-refractivity contribution in [1.82, 2.24) is 9.29 Å². The van der Waals surface area contributed by atoms with Gasteiger partial charge in [-0.3, -0.25) is 0 Å². The lowest BCUT2D eigenvalue weighted by Gasteiger charge is -2.17. The van der Waals surface area contributed by atoms with Gasteiger partial charge in [0.1, 0.15) is 6.10 Å². The summed E-state index contributed by atoms with van der Waals surface area (Å²) >= 11 is 0. The standard InChI is InChI=1S/C16H15N3O3S/c17-11-13-6-8-18-16(10-13)22-14-7-9-19(12-14)23(20,21)15-4-2-1-3-5-15/h1-6,8,10,14H,7,9,12H2. The molecular weight excluding hydrogens is 314 g/mol. The number of hydrogen-bond donors (Lipinski definition) is 0. The normalized spacial score (nSPS) is 18.5. The highest BCUT2D eigenvalue weighted by atomic mass is 32.2. The lowest BCUT2D eigenvalue weighted by atomic mass is 10.3. The summed E-state index contributed by atoms with van der Waals surface area (Å²) in [6, 6.07) is 13.5. The lowest BCUT2D eigenvalue weighted by molar-refractivity contribution is 0.207. The van der Waals surface area contributed by atoms with Gasteiger partial charge in [0.05, 0.1) is 23.1 Å². The number of hydrogen-bond acceptors (Lipinski definition) is 5. The third-order valence-corrected chi connectivity index (χ3v) is 5.52. The molecule has 0 aliphatic carbocycles. The Balaban J connectivity index is 1.70. The first-order valence-corrected chi connectivity index (χ1v) is 8.61. The van der Waals surface area contributed by atoms with E-state index in [1.807, 2.05) is 6.07 Å². The number of aromatic nitrogens is 1. The van der Waals surface area contributed by atoms with Gasteiger partial charge in [0.25, 0.3) is 0 Å². The topological polar surface area (TPSA) is 83.3 Å². The maximum Gasteiger partial charge on any atom is 0.243 e. The van der Waals surface area contributed by atoms with Gasteiger partial charge < -0.3 is 4.74 Å². The van der Waals surface area contributed by atoms with Gasteiger partial charge in [-0.15, -0.1) is 0 Å². The molecule has 2 heterocycles. The summed E-state index contributed by atoms with van der Waals surface area (Å²) in [5.41, 5.74) is 0.460. The van der Waals surface area contributed by atoms with Crippen molar-refractivity contribution in [1.29, 1.82) is 5.26 Å². The Hall–Kier alpha value is -2.43. The zero-order chi connectivity index (χ0) is 16.3. The number of rotatable bonds is 4. The molecule has 1 atom stereocenters. The average Bonchev–Trinajstić information content (AvgIpc) is 3.05. The molecule has 1 aromatic carbocycles. The molecule has 118 valence electrons. The first-order chi connectivity index (χ1) is 11.1. The molecule has 23 heavy (non-hydrogen) atoms. The number of ether oxygens (including phenoxy) is 1. The van der Waals surface area contributed by atoms with E-state index in [1.54, 1.807) is 42.5 Å². The van der Waals surface area contributed by atoms with Gasteiger partial charge in [-0.2, -0.15) is 9.57 Å². The van der Waals surface area contributed by atoms with Gasteiger partial charge in [0, 0.05) is 18.8 Å². The van der Waals surface area contributed by atoms with E-state index in [9.17, 15) is 8.42 Å². The maximum atomic E-state index is 12.5. The fourth-order valence-electron chi connectivity index (χ4n) is 2.47. The molecule has 1 aliphatic rings. The van der Waals surface area contributed by atoms with E-state index in [2.05, 4.69) is 4.98 Å². The van der Waals surface area contributed by atoms with Crippen molar-refractivity contribution >= 4 is 10.0 Å². The zero-order valence-electron chi connectivity index (χ0n) is 12.3. The largest absolute Gasteiger partial charge is 0.473 e. The van der Waals surface area contributed by atoms with Gasteiger partial charge in [-0.1, -0.05) is 18.2 Å². The molecule has 1 saturated heterocycles. The number of nitrogens with zero attached hydrogens (tertiary/aromatic N) is 3. The van der Waals surface area contributed by atoms with Crippen molar-refractivity contribution in [3.63, 3.8) is 0 Å². The van der Waals surface area contributed by atoms with Crippen LogP contribution in [0.25, 0.3) is 0 Å². The molecule has 0 bridgehead atoms.